The van der Waals surface area contributed by atoms with Crippen LogP contribution in [0, 0.1) is 0 Å². The number of aromatic nitrogens is 3. The maximum Gasteiger partial charge on any atom is 0.164 e. The van der Waals surface area contributed by atoms with Crippen LogP contribution in [0.4, 0.5) is 0 Å². The van der Waals surface area contributed by atoms with Crippen molar-refractivity contribution in [2.24, 2.45) is 0 Å². The average molecular weight is 692 g/mol. The van der Waals surface area contributed by atoms with E-state index in [1.807, 2.05) is 24.3 Å². The molecule has 9 aromatic rings. The van der Waals surface area contributed by atoms with E-state index in [2.05, 4.69) is 164 Å². The zero-order chi connectivity index (χ0) is 35.8. The minimum Gasteiger partial charge on any atom is -0.488 e. The molecular weight excluding hydrogens is 659 g/mol. The van der Waals surface area contributed by atoms with Crippen LogP contribution < -0.4 is 4.74 Å². The summed E-state index contributed by atoms with van der Waals surface area (Å²) in [6.45, 7) is 0.545. The first kappa shape index (κ1) is 31.6. The first-order valence-corrected chi connectivity index (χ1v) is 18.2. The predicted molar refractivity (Wildman–Crippen MR) is 220 cm³/mol. The molecular formula is C50H33N3O. The molecule has 4 nitrogen and oxygen atoms in total. The number of fused-ring (bicyclic) bond motifs is 4. The number of nitrogens with zero attached hydrogens (tertiary/aromatic N) is 3. The number of rotatable bonds is 6. The maximum atomic E-state index is 6.14. The number of para-hydroxylation sites is 1. The standard InChI is InChI=1S/C50H33N3O/c1-3-14-33(15-4-1)34-26-28-36(29-27-34)48-51-49(43-22-10-7-19-38(43)35-16-5-2-6-17-35)53-50(52-48)44-31-30-41(39-20-8-9-21-40(39)44)42-24-13-18-37-32-54-46-25-12-11-23-45(46)47(37)42/h1-31H,32H2. The smallest absolute Gasteiger partial charge is 0.164 e. The summed E-state index contributed by atoms with van der Waals surface area (Å²) in [6.07, 6.45) is 0. The predicted octanol–water partition coefficient (Wildman–Crippen LogP) is 12.6. The van der Waals surface area contributed by atoms with Gasteiger partial charge in [0, 0.05) is 22.3 Å². The third-order valence-corrected chi connectivity index (χ3v) is 10.3. The first-order chi connectivity index (χ1) is 26.8. The molecule has 0 spiro atoms. The van der Waals surface area contributed by atoms with E-state index in [1.165, 1.54) is 22.3 Å². The van der Waals surface area contributed by atoms with E-state index in [9.17, 15) is 0 Å². The van der Waals surface area contributed by atoms with Gasteiger partial charge in [0.1, 0.15) is 12.4 Å². The summed E-state index contributed by atoms with van der Waals surface area (Å²) in [6, 6.07) is 65.5. The lowest BCUT2D eigenvalue weighted by atomic mass is 9.86. The third-order valence-electron chi connectivity index (χ3n) is 10.3. The molecule has 0 unspecified atom stereocenters. The van der Waals surface area contributed by atoms with Crippen molar-refractivity contribution in [3.05, 3.63) is 194 Å². The third kappa shape index (κ3) is 5.62. The molecule has 0 fully saturated rings. The second-order valence-corrected chi connectivity index (χ2v) is 13.5. The van der Waals surface area contributed by atoms with Gasteiger partial charge in [0.2, 0.25) is 0 Å². The molecule has 0 aliphatic carbocycles. The Hall–Kier alpha value is -7.17. The molecule has 2 heterocycles. The van der Waals surface area contributed by atoms with Gasteiger partial charge in [-0.05, 0) is 67.4 Å². The fraction of sp³-hybridized carbons (Fsp3) is 0.0200. The topological polar surface area (TPSA) is 47.9 Å². The highest BCUT2D eigenvalue weighted by molar-refractivity contribution is 6.07. The molecule has 0 saturated carbocycles. The molecule has 1 aliphatic rings. The van der Waals surface area contributed by atoms with E-state index >= 15 is 0 Å². The van der Waals surface area contributed by atoms with Crippen molar-refractivity contribution in [1.82, 2.24) is 15.0 Å². The van der Waals surface area contributed by atoms with E-state index in [0.717, 1.165) is 61.0 Å². The summed E-state index contributed by atoms with van der Waals surface area (Å²) in [5.41, 5.74) is 13.2. The quantitative estimate of drug-likeness (QED) is 0.174. The number of hydrogen-bond acceptors (Lipinski definition) is 4. The highest BCUT2D eigenvalue weighted by Crippen LogP contribution is 2.46. The van der Waals surface area contributed by atoms with Gasteiger partial charge >= 0.3 is 0 Å². The molecule has 10 rings (SSSR count). The van der Waals surface area contributed by atoms with Crippen LogP contribution in [0.1, 0.15) is 5.56 Å². The molecule has 8 aromatic carbocycles. The van der Waals surface area contributed by atoms with Crippen LogP contribution in [-0.4, -0.2) is 15.0 Å². The van der Waals surface area contributed by atoms with Crippen LogP contribution >= 0.6 is 0 Å². The summed E-state index contributed by atoms with van der Waals surface area (Å²) in [4.78, 5) is 15.7. The lowest BCUT2D eigenvalue weighted by Gasteiger charge is -2.24. The average Bonchev–Trinajstić information content (AvgIpc) is 3.26. The zero-order valence-electron chi connectivity index (χ0n) is 29.4. The van der Waals surface area contributed by atoms with Crippen LogP contribution in [0.2, 0.25) is 0 Å². The monoisotopic (exact) mass is 691 g/mol. The highest BCUT2D eigenvalue weighted by atomic mass is 16.5. The lowest BCUT2D eigenvalue weighted by molar-refractivity contribution is 0.302. The van der Waals surface area contributed by atoms with Gasteiger partial charge in [0.25, 0.3) is 0 Å². The molecule has 0 amide bonds. The van der Waals surface area contributed by atoms with Crippen LogP contribution in [0.25, 0.3) is 89.4 Å². The van der Waals surface area contributed by atoms with Crippen molar-refractivity contribution in [1.29, 1.82) is 0 Å². The van der Waals surface area contributed by atoms with Crippen molar-refractivity contribution < 1.29 is 4.74 Å². The van der Waals surface area contributed by atoms with Gasteiger partial charge in [0.05, 0.1) is 0 Å². The van der Waals surface area contributed by atoms with E-state index < -0.39 is 0 Å². The molecule has 0 N–H and O–H groups in total. The van der Waals surface area contributed by atoms with E-state index in [0.29, 0.717) is 24.1 Å². The Morgan fingerprint density at radius 1 is 0.315 bits per heavy atom. The van der Waals surface area contributed by atoms with Crippen LogP contribution in [-0.2, 0) is 6.61 Å². The normalized spacial score (nSPS) is 11.8. The van der Waals surface area contributed by atoms with Crippen LogP contribution in [0.3, 0.4) is 0 Å². The van der Waals surface area contributed by atoms with Gasteiger partial charge in [-0.2, -0.15) is 0 Å². The van der Waals surface area contributed by atoms with Gasteiger partial charge in [0.15, 0.2) is 17.5 Å². The van der Waals surface area contributed by atoms with Crippen LogP contribution in [0.15, 0.2) is 188 Å². The Kier molecular flexibility index (Phi) is 7.85. The Labute approximate surface area is 314 Å². The minimum absolute atomic E-state index is 0.545. The molecule has 1 aromatic heterocycles. The molecule has 4 heteroatoms. The molecule has 0 atom stereocenters. The fourth-order valence-corrected chi connectivity index (χ4v) is 7.68. The fourth-order valence-electron chi connectivity index (χ4n) is 7.68. The summed E-state index contributed by atoms with van der Waals surface area (Å²) in [7, 11) is 0. The minimum atomic E-state index is 0.545. The summed E-state index contributed by atoms with van der Waals surface area (Å²) in [5.74, 6) is 2.79. The Morgan fingerprint density at radius 2 is 0.833 bits per heavy atom. The molecule has 254 valence electrons. The zero-order valence-corrected chi connectivity index (χ0v) is 29.4. The summed E-state index contributed by atoms with van der Waals surface area (Å²) >= 11 is 0. The van der Waals surface area contributed by atoms with Crippen molar-refractivity contribution in [2.45, 2.75) is 6.61 Å². The van der Waals surface area contributed by atoms with Crippen molar-refractivity contribution in [3.8, 4) is 84.4 Å². The molecule has 54 heavy (non-hydrogen) atoms. The van der Waals surface area contributed by atoms with Gasteiger partial charge in [-0.25, -0.2) is 15.0 Å². The van der Waals surface area contributed by atoms with Crippen molar-refractivity contribution in [3.63, 3.8) is 0 Å². The van der Waals surface area contributed by atoms with Crippen LogP contribution in [0.5, 0.6) is 5.75 Å². The van der Waals surface area contributed by atoms with E-state index in [4.69, 9.17) is 19.7 Å². The highest BCUT2D eigenvalue weighted by Gasteiger charge is 2.23. The Balaban J connectivity index is 1.17. The summed E-state index contributed by atoms with van der Waals surface area (Å²) in [5, 5.41) is 2.21. The molecule has 0 saturated heterocycles. The summed E-state index contributed by atoms with van der Waals surface area (Å²) < 4.78 is 6.14. The second-order valence-electron chi connectivity index (χ2n) is 13.5. The molecule has 1 aliphatic heterocycles. The largest absolute Gasteiger partial charge is 0.488 e. The van der Waals surface area contributed by atoms with E-state index in [1.54, 1.807) is 0 Å². The molecule has 0 radical (unpaired) electrons. The number of benzene rings is 8. The van der Waals surface area contributed by atoms with E-state index in [-0.39, 0.29) is 0 Å². The van der Waals surface area contributed by atoms with Gasteiger partial charge in [-0.1, -0.05) is 176 Å². The first-order valence-electron chi connectivity index (χ1n) is 18.2. The number of hydrogen-bond donors (Lipinski definition) is 0. The van der Waals surface area contributed by atoms with Crippen molar-refractivity contribution in [2.75, 3.05) is 0 Å². The maximum absolute atomic E-state index is 6.14. The number of ether oxygens (including phenoxy) is 1. The van der Waals surface area contributed by atoms with Crippen molar-refractivity contribution >= 4 is 10.8 Å². The molecule has 0 bridgehead atoms. The SMILES string of the molecule is c1ccc(-c2ccc(-c3nc(-c4ccccc4-c4ccccc4)nc(-c4ccc(-c5cccc6c5-c5ccccc5OC6)c5ccccc45)n3)cc2)cc1. The second kappa shape index (κ2) is 13.4. The Bertz CT molecular complexity index is 2810. The van der Waals surface area contributed by atoms with Gasteiger partial charge in [-0.3, -0.25) is 0 Å². The van der Waals surface area contributed by atoms with Gasteiger partial charge in [-0.15, -0.1) is 0 Å². The van der Waals surface area contributed by atoms with Gasteiger partial charge < -0.3 is 4.74 Å². The Morgan fingerprint density at radius 3 is 1.59 bits per heavy atom. The lowest BCUT2D eigenvalue weighted by Crippen LogP contribution is -2.06.